The first kappa shape index (κ1) is 11.5. The van der Waals surface area contributed by atoms with Crippen LogP contribution in [0.25, 0.3) is 0 Å². The number of hydrogen-bond acceptors (Lipinski definition) is 3. The van der Waals surface area contributed by atoms with Crippen LogP contribution in [0.5, 0.6) is 0 Å². The van der Waals surface area contributed by atoms with Crippen LogP contribution in [-0.4, -0.2) is 61.0 Å². The second kappa shape index (κ2) is 4.25. The number of rotatable bonds is 1. The molecule has 3 fully saturated rings. The Bertz CT molecular complexity index is 320. The van der Waals surface area contributed by atoms with Crippen LogP contribution in [0, 0.1) is 11.8 Å². The van der Waals surface area contributed by atoms with Crippen molar-refractivity contribution in [2.24, 2.45) is 11.8 Å². The minimum absolute atomic E-state index is 0.252. The number of nitrogens with one attached hydrogen (secondary N) is 1. The summed E-state index contributed by atoms with van der Waals surface area (Å²) in [5.41, 5.74) is 0. The third-order valence-corrected chi connectivity index (χ3v) is 4.78. The molecule has 3 saturated heterocycles. The van der Waals surface area contributed by atoms with Crippen molar-refractivity contribution in [3.8, 4) is 0 Å². The molecule has 4 atom stereocenters. The van der Waals surface area contributed by atoms with Gasteiger partial charge in [-0.05, 0) is 39.3 Å². The third-order valence-electron chi connectivity index (χ3n) is 4.78. The van der Waals surface area contributed by atoms with Crippen molar-refractivity contribution in [1.29, 1.82) is 0 Å². The Hall–Kier alpha value is -0.610. The molecule has 3 heterocycles. The van der Waals surface area contributed by atoms with Crippen molar-refractivity contribution in [2.45, 2.75) is 31.8 Å². The first-order valence-corrected chi connectivity index (χ1v) is 6.88. The number of carbonyl (C=O) groups is 1. The van der Waals surface area contributed by atoms with Gasteiger partial charge in [0.15, 0.2) is 0 Å². The fourth-order valence-electron chi connectivity index (χ4n) is 3.89. The summed E-state index contributed by atoms with van der Waals surface area (Å²) in [5.74, 6) is 1.37. The highest BCUT2D eigenvalue weighted by Gasteiger charge is 2.46. The quantitative estimate of drug-likeness (QED) is 0.705. The Balaban J connectivity index is 1.72. The zero-order chi connectivity index (χ0) is 12.0. The van der Waals surface area contributed by atoms with Gasteiger partial charge in [-0.1, -0.05) is 0 Å². The molecule has 17 heavy (non-hydrogen) atoms. The van der Waals surface area contributed by atoms with E-state index in [9.17, 15) is 4.79 Å². The van der Waals surface area contributed by atoms with Gasteiger partial charge in [-0.25, -0.2) is 0 Å². The molecule has 4 heteroatoms. The largest absolute Gasteiger partial charge is 0.335 e. The van der Waals surface area contributed by atoms with Gasteiger partial charge in [0.1, 0.15) is 0 Å². The van der Waals surface area contributed by atoms with Crippen LogP contribution in [-0.2, 0) is 4.79 Å². The van der Waals surface area contributed by atoms with Gasteiger partial charge in [-0.15, -0.1) is 0 Å². The zero-order valence-corrected chi connectivity index (χ0v) is 10.9. The Morgan fingerprint density at radius 1 is 1.35 bits per heavy atom. The summed E-state index contributed by atoms with van der Waals surface area (Å²) in [5, 5.41) is 3.42. The first-order chi connectivity index (χ1) is 8.16. The van der Waals surface area contributed by atoms with Crippen LogP contribution >= 0.6 is 0 Å². The van der Waals surface area contributed by atoms with Crippen molar-refractivity contribution in [3.63, 3.8) is 0 Å². The van der Waals surface area contributed by atoms with Crippen LogP contribution < -0.4 is 5.32 Å². The molecule has 0 aromatic carbocycles. The lowest BCUT2D eigenvalue weighted by Crippen LogP contribution is -2.46. The van der Waals surface area contributed by atoms with E-state index in [1.165, 1.54) is 6.42 Å². The SMILES string of the molecule is CC1CC2CNCC2N1C(=O)C1CCN(C)C1. The number of carbonyl (C=O) groups excluding carboxylic acids is 1. The third kappa shape index (κ3) is 1.87. The van der Waals surface area contributed by atoms with E-state index >= 15 is 0 Å². The molecule has 3 rings (SSSR count). The highest BCUT2D eigenvalue weighted by atomic mass is 16.2. The minimum atomic E-state index is 0.252. The van der Waals surface area contributed by atoms with Gasteiger partial charge in [0, 0.05) is 31.7 Å². The van der Waals surface area contributed by atoms with Crippen molar-refractivity contribution in [2.75, 3.05) is 33.2 Å². The van der Waals surface area contributed by atoms with Gasteiger partial charge in [0.25, 0.3) is 0 Å². The topological polar surface area (TPSA) is 35.6 Å². The Labute approximate surface area is 103 Å². The van der Waals surface area contributed by atoms with Gasteiger partial charge in [-0.2, -0.15) is 0 Å². The molecule has 0 radical (unpaired) electrons. The fraction of sp³-hybridized carbons (Fsp3) is 0.923. The minimum Gasteiger partial charge on any atom is -0.335 e. The van der Waals surface area contributed by atoms with Gasteiger partial charge < -0.3 is 15.1 Å². The summed E-state index contributed by atoms with van der Waals surface area (Å²) in [6, 6.07) is 0.925. The van der Waals surface area contributed by atoms with E-state index in [1.807, 2.05) is 0 Å². The van der Waals surface area contributed by atoms with Crippen LogP contribution in [0.4, 0.5) is 0 Å². The van der Waals surface area contributed by atoms with Crippen molar-refractivity contribution in [1.82, 2.24) is 15.1 Å². The van der Waals surface area contributed by atoms with E-state index in [2.05, 4.69) is 29.1 Å². The molecule has 0 bridgehead atoms. The van der Waals surface area contributed by atoms with E-state index in [0.717, 1.165) is 32.6 Å². The van der Waals surface area contributed by atoms with Crippen LogP contribution in [0.15, 0.2) is 0 Å². The summed E-state index contributed by atoms with van der Waals surface area (Å²) in [6.07, 6.45) is 2.23. The first-order valence-electron chi connectivity index (χ1n) is 6.88. The van der Waals surface area contributed by atoms with Crippen LogP contribution in [0.2, 0.25) is 0 Å². The number of fused-ring (bicyclic) bond motifs is 1. The Kier molecular flexibility index (Phi) is 2.87. The summed E-state index contributed by atoms with van der Waals surface area (Å²) >= 11 is 0. The monoisotopic (exact) mass is 237 g/mol. The van der Waals surface area contributed by atoms with E-state index in [4.69, 9.17) is 0 Å². The molecule has 1 N–H and O–H groups in total. The summed E-state index contributed by atoms with van der Waals surface area (Å²) in [7, 11) is 2.11. The number of hydrogen-bond donors (Lipinski definition) is 1. The Morgan fingerprint density at radius 2 is 2.18 bits per heavy atom. The predicted molar refractivity (Wildman–Crippen MR) is 66.7 cm³/mol. The molecule has 0 saturated carbocycles. The molecule has 0 aromatic heterocycles. The van der Waals surface area contributed by atoms with Crippen LogP contribution in [0.3, 0.4) is 0 Å². The normalized spacial score (nSPS) is 42.1. The average molecular weight is 237 g/mol. The number of amides is 1. The summed E-state index contributed by atoms with van der Waals surface area (Å²) in [6.45, 7) is 6.35. The number of nitrogens with zero attached hydrogens (tertiary/aromatic N) is 2. The molecule has 4 unspecified atom stereocenters. The molecule has 3 aliphatic heterocycles. The summed E-state index contributed by atoms with van der Waals surface area (Å²) in [4.78, 5) is 17.1. The van der Waals surface area contributed by atoms with E-state index in [0.29, 0.717) is 23.9 Å². The lowest BCUT2D eigenvalue weighted by Gasteiger charge is -2.30. The standard InChI is InChI=1S/C13H23N3O/c1-9-5-11-6-14-7-12(11)16(9)13(17)10-3-4-15(2)8-10/h9-12,14H,3-8H2,1-2H3. The van der Waals surface area contributed by atoms with Crippen molar-refractivity contribution >= 4 is 5.91 Å². The van der Waals surface area contributed by atoms with Gasteiger partial charge in [-0.3, -0.25) is 4.79 Å². The molecular formula is C13H23N3O. The van der Waals surface area contributed by atoms with Gasteiger partial charge >= 0.3 is 0 Å². The highest BCUT2D eigenvalue weighted by molar-refractivity contribution is 5.80. The second-order valence-corrected chi connectivity index (χ2v) is 6.06. The maximum Gasteiger partial charge on any atom is 0.227 e. The molecule has 96 valence electrons. The fourth-order valence-corrected chi connectivity index (χ4v) is 3.89. The van der Waals surface area contributed by atoms with E-state index < -0.39 is 0 Å². The molecule has 0 aliphatic carbocycles. The predicted octanol–water partition coefficient (Wildman–Crippen LogP) is 0.147. The maximum absolute atomic E-state index is 12.6. The molecule has 3 aliphatic rings. The molecule has 4 nitrogen and oxygen atoms in total. The second-order valence-electron chi connectivity index (χ2n) is 6.06. The average Bonchev–Trinajstić information content (AvgIpc) is 2.92. The maximum atomic E-state index is 12.6. The highest BCUT2D eigenvalue weighted by Crippen LogP contribution is 2.34. The molecule has 0 aromatic rings. The smallest absolute Gasteiger partial charge is 0.227 e. The number of likely N-dealkylation sites (tertiary alicyclic amines) is 2. The molecule has 1 amide bonds. The zero-order valence-electron chi connectivity index (χ0n) is 10.9. The van der Waals surface area contributed by atoms with E-state index in [-0.39, 0.29) is 5.92 Å². The van der Waals surface area contributed by atoms with Crippen LogP contribution in [0.1, 0.15) is 19.8 Å². The lowest BCUT2D eigenvalue weighted by atomic mass is 10.0. The van der Waals surface area contributed by atoms with Crippen molar-refractivity contribution in [3.05, 3.63) is 0 Å². The molecular weight excluding hydrogens is 214 g/mol. The van der Waals surface area contributed by atoms with Gasteiger partial charge in [0.05, 0.1) is 5.92 Å². The van der Waals surface area contributed by atoms with Gasteiger partial charge in [0.2, 0.25) is 5.91 Å². The lowest BCUT2D eigenvalue weighted by molar-refractivity contribution is -0.137. The van der Waals surface area contributed by atoms with E-state index in [1.54, 1.807) is 0 Å². The Morgan fingerprint density at radius 3 is 2.88 bits per heavy atom. The molecule has 0 spiro atoms. The summed E-state index contributed by atoms with van der Waals surface area (Å²) < 4.78 is 0. The van der Waals surface area contributed by atoms with Crippen molar-refractivity contribution < 1.29 is 4.79 Å².